The third-order valence-corrected chi connectivity index (χ3v) is 5.22. The third kappa shape index (κ3) is 4.10. The molecule has 0 bridgehead atoms. The van der Waals surface area contributed by atoms with Crippen LogP contribution in [0.2, 0.25) is 5.02 Å². The van der Waals surface area contributed by atoms with Crippen molar-refractivity contribution >= 4 is 28.4 Å². The van der Waals surface area contributed by atoms with Crippen molar-refractivity contribution < 1.29 is 14.6 Å². The predicted molar refractivity (Wildman–Crippen MR) is 105 cm³/mol. The van der Waals surface area contributed by atoms with Crippen LogP contribution in [0.15, 0.2) is 48.5 Å². The predicted octanol–water partition coefficient (Wildman–Crippen LogP) is 4.35. The Bertz CT molecular complexity index is 944. The summed E-state index contributed by atoms with van der Waals surface area (Å²) in [6, 6.07) is 14.5. The van der Waals surface area contributed by atoms with Crippen molar-refractivity contribution in [3.05, 3.63) is 64.8 Å². The van der Waals surface area contributed by atoms with Crippen molar-refractivity contribution in [3.63, 3.8) is 0 Å². The highest BCUT2D eigenvalue weighted by Crippen LogP contribution is 2.23. The van der Waals surface area contributed by atoms with E-state index in [4.69, 9.17) is 16.3 Å². The smallest absolute Gasteiger partial charge is 0.270 e. The van der Waals surface area contributed by atoms with E-state index in [0.29, 0.717) is 25.4 Å². The van der Waals surface area contributed by atoms with Gasteiger partial charge in [0.15, 0.2) is 0 Å². The number of hydrogen-bond acceptors (Lipinski definition) is 3. The molecule has 2 N–H and O–H groups in total. The van der Waals surface area contributed by atoms with Crippen LogP contribution in [-0.4, -0.2) is 40.1 Å². The van der Waals surface area contributed by atoms with Gasteiger partial charge in [-0.1, -0.05) is 23.7 Å². The number of carbonyl (C=O) groups is 1. The van der Waals surface area contributed by atoms with E-state index in [2.05, 4.69) is 4.98 Å². The molecule has 1 aromatic heterocycles. The van der Waals surface area contributed by atoms with Gasteiger partial charge in [-0.2, -0.15) is 0 Å². The zero-order valence-electron chi connectivity index (χ0n) is 14.8. The van der Waals surface area contributed by atoms with Gasteiger partial charge in [-0.05, 0) is 48.7 Å². The van der Waals surface area contributed by atoms with Crippen LogP contribution in [0.4, 0.5) is 0 Å². The number of aromatic hydroxyl groups is 1. The van der Waals surface area contributed by atoms with Crippen LogP contribution in [0.5, 0.6) is 5.75 Å². The van der Waals surface area contributed by atoms with Crippen molar-refractivity contribution in [2.75, 3.05) is 13.1 Å². The lowest BCUT2D eigenvalue weighted by Gasteiger charge is -2.31. The minimum atomic E-state index is -0.0122. The molecule has 1 fully saturated rings. The lowest BCUT2D eigenvalue weighted by Crippen LogP contribution is -2.41. The number of halogens is 1. The first-order valence-corrected chi connectivity index (χ1v) is 9.43. The molecular weight excluding hydrogens is 364 g/mol. The van der Waals surface area contributed by atoms with Crippen molar-refractivity contribution in [1.29, 1.82) is 0 Å². The lowest BCUT2D eigenvalue weighted by atomic mass is 10.1. The van der Waals surface area contributed by atoms with Gasteiger partial charge in [0.25, 0.3) is 5.91 Å². The Kier molecular flexibility index (Phi) is 5.05. The molecule has 1 saturated heterocycles. The monoisotopic (exact) mass is 384 g/mol. The SMILES string of the molecule is O=C(c1cc2ccc(O)cc2[nH]1)N1CCC(OCc2ccc(Cl)cc2)CC1. The number of fused-ring (bicyclic) bond motifs is 1. The Labute approximate surface area is 162 Å². The van der Waals surface area contributed by atoms with Crippen LogP contribution in [0, 0.1) is 0 Å². The van der Waals surface area contributed by atoms with Gasteiger partial charge < -0.3 is 19.7 Å². The van der Waals surface area contributed by atoms with Crippen molar-refractivity contribution in [2.45, 2.75) is 25.6 Å². The molecule has 3 aromatic rings. The minimum Gasteiger partial charge on any atom is -0.508 e. The molecule has 4 rings (SSSR count). The first-order valence-electron chi connectivity index (χ1n) is 9.05. The Morgan fingerprint density at radius 2 is 1.89 bits per heavy atom. The molecule has 1 aliphatic heterocycles. The van der Waals surface area contributed by atoms with E-state index in [-0.39, 0.29) is 17.8 Å². The molecule has 0 aliphatic carbocycles. The number of piperidine rings is 1. The number of nitrogens with zero attached hydrogens (tertiary/aromatic N) is 1. The number of nitrogens with one attached hydrogen (secondary N) is 1. The summed E-state index contributed by atoms with van der Waals surface area (Å²) in [7, 11) is 0. The Morgan fingerprint density at radius 3 is 2.63 bits per heavy atom. The van der Waals surface area contributed by atoms with Gasteiger partial charge in [-0.15, -0.1) is 0 Å². The average molecular weight is 385 g/mol. The van der Waals surface area contributed by atoms with Crippen LogP contribution >= 0.6 is 11.6 Å². The maximum Gasteiger partial charge on any atom is 0.270 e. The number of benzene rings is 2. The minimum absolute atomic E-state index is 0.0122. The molecule has 6 heteroatoms. The molecule has 0 radical (unpaired) electrons. The number of rotatable bonds is 4. The molecular formula is C21H21ClN2O3. The number of hydrogen-bond donors (Lipinski definition) is 2. The molecule has 5 nitrogen and oxygen atoms in total. The molecule has 0 saturated carbocycles. The van der Waals surface area contributed by atoms with Crippen LogP contribution in [0.3, 0.4) is 0 Å². The summed E-state index contributed by atoms with van der Waals surface area (Å²) in [4.78, 5) is 17.7. The van der Waals surface area contributed by atoms with Gasteiger partial charge in [0, 0.05) is 35.1 Å². The summed E-state index contributed by atoms with van der Waals surface area (Å²) in [6.07, 6.45) is 1.80. The maximum absolute atomic E-state index is 12.8. The molecule has 0 unspecified atom stereocenters. The van der Waals surface area contributed by atoms with Gasteiger partial charge in [0.1, 0.15) is 11.4 Å². The molecule has 1 aliphatic rings. The second-order valence-electron chi connectivity index (χ2n) is 6.88. The normalized spacial score (nSPS) is 15.4. The summed E-state index contributed by atoms with van der Waals surface area (Å²) in [5, 5.41) is 11.2. The lowest BCUT2D eigenvalue weighted by molar-refractivity contribution is -0.000488. The maximum atomic E-state index is 12.8. The Hall–Kier alpha value is -2.50. The van der Waals surface area contributed by atoms with Gasteiger partial charge in [0.05, 0.1) is 12.7 Å². The van der Waals surface area contributed by atoms with E-state index in [0.717, 1.165) is 34.3 Å². The number of aromatic amines is 1. The van der Waals surface area contributed by atoms with E-state index in [1.165, 1.54) is 0 Å². The fraction of sp³-hybridized carbons (Fsp3) is 0.286. The van der Waals surface area contributed by atoms with E-state index < -0.39 is 0 Å². The van der Waals surface area contributed by atoms with Crippen molar-refractivity contribution in [3.8, 4) is 5.75 Å². The Morgan fingerprint density at radius 1 is 1.15 bits per heavy atom. The summed E-state index contributed by atoms with van der Waals surface area (Å²) in [5.74, 6) is 0.170. The van der Waals surface area contributed by atoms with E-state index in [9.17, 15) is 9.90 Å². The zero-order chi connectivity index (χ0) is 18.8. The van der Waals surface area contributed by atoms with Gasteiger partial charge in [-0.3, -0.25) is 4.79 Å². The van der Waals surface area contributed by atoms with Gasteiger partial charge in [-0.25, -0.2) is 0 Å². The third-order valence-electron chi connectivity index (χ3n) is 4.96. The quantitative estimate of drug-likeness (QED) is 0.702. The standard InChI is InChI=1S/C21H21ClN2O3/c22-16-4-1-14(2-5-16)13-27-18-7-9-24(10-8-18)21(26)20-11-15-3-6-17(25)12-19(15)23-20/h1-6,11-12,18,23,25H,7-10,13H2. The molecule has 140 valence electrons. The fourth-order valence-corrected chi connectivity index (χ4v) is 3.55. The molecule has 27 heavy (non-hydrogen) atoms. The fourth-order valence-electron chi connectivity index (χ4n) is 3.42. The first kappa shape index (κ1) is 17.9. The van der Waals surface area contributed by atoms with Crippen molar-refractivity contribution in [1.82, 2.24) is 9.88 Å². The molecule has 2 heterocycles. The van der Waals surface area contributed by atoms with Crippen LogP contribution < -0.4 is 0 Å². The van der Waals surface area contributed by atoms with E-state index in [1.807, 2.05) is 35.2 Å². The van der Waals surface area contributed by atoms with Crippen LogP contribution in [-0.2, 0) is 11.3 Å². The number of aromatic nitrogens is 1. The largest absolute Gasteiger partial charge is 0.508 e. The second kappa shape index (κ2) is 7.62. The summed E-state index contributed by atoms with van der Waals surface area (Å²) in [5.41, 5.74) is 2.41. The number of carbonyl (C=O) groups excluding carboxylic acids is 1. The molecule has 0 spiro atoms. The number of phenolic OH excluding ortho intramolecular Hbond substituents is 1. The molecule has 1 amide bonds. The second-order valence-corrected chi connectivity index (χ2v) is 7.32. The summed E-state index contributed by atoms with van der Waals surface area (Å²) < 4.78 is 5.99. The highest BCUT2D eigenvalue weighted by molar-refractivity contribution is 6.30. The number of amides is 1. The number of phenols is 1. The van der Waals surface area contributed by atoms with Crippen LogP contribution in [0.25, 0.3) is 10.9 Å². The van der Waals surface area contributed by atoms with E-state index >= 15 is 0 Å². The first-order chi connectivity index (χ1) is 13.1. The molecule has 0 atom stereocenters. The molecule has 2 aromatic carbocycles. The highest BCUT2D eigenvalue weighted by atomic mass is 35.5. The van der Waals surface area contributed by atoms with E-state index in [1.54, 1.807) is 18.2 Å². The van der Waals surface area contributed by atoms with Gasteiger partial charge >= 0.3 is 0 Å². The highest BCUT2D eigenvalue weighted by Gasteiger charge is 2.25. The zero-order valence-corrected chi connectivity index (χ0v) is 15.6. The summed E-state index contributed by atoms with van der Waals surface area (Å²) >= 11 is 5.90. The average Bonchev–Trinajstić information content (AvgIpc) is 3.10. The topological polar surface area (TPSA) is 65.6 Å². The Balaban J connectivity index is 1.32. The van der Waals surface area contributed by atoms with Crippen molar-refractivity contribution in [2.24, 2.45) is 0 Å². The van der Waals surface area contributed by atoms with Gasteiger partial charge in [0.2, 0.25) is 0 Å². The van der Waals surface area contributed by atoms with Crippen LogP contribution in [0.1, 0.15) is 28.9 Å². The summed E-state index contributed by atoms with van der Waals surface area (Å²) in [6.45, 7) is 1.90. The number of H-pyrrole nitrogens is 1. The number of ether oxygens (including phenoxy) is 1. The number of likely N-dealkylation sites (tertiary alicyclic amines) is 1.